The van der Waals surface area contributed by atoms with Gasteiger partial charge in [-0.3, -0.25) is 0 Å². The third-order valence-electron chi connectivity index (χ3n) is 2.96. The number of carboxylic acid groups (broad SMARTS) is 1. The van der Waals surface area contributed by atoms with Crippen LogP contribution in [0.5, 0.6) is 11.5 Å². The summed E-state index contributed by atoms with van der Waals surface area (Å²) in [5.74, 6) is 0.0968. The van der Waals surface area contributed by atoms with E-state index in [1.54, 1.807) is 6.08 Å². The summed E-state index contributed by atoms with van der Waals surface area (Å²) in [6.07, 6.45) is 2.03. The zero-order valence-corrected chi connectivity index (χ0v) is 12.3. The van der Waals surface area contributed by atoms with Gasteiger partial charge in [0.05, 0.1) is 0 Å². The van der Waals surface area contributed by atoms with E-state index in [9.17, 15) is 4.79 Å². The number of carboxylic acids is 1. The average Bonchev–Trinajstić information content (AvgIpc) is 2.54. The Labute approximate surface area is 129 Å². The fraction of sp³-hybridized carbons (Fsp3) is 0.167. The zero-order chi connectivity index (χ0) is 15.8. The van der Waals surface area contributed by atoms with Gasteiger partial charge in [-0.1, -0.05) is 49.4 Å². The maximum absolute atomic E-state index is 10.7. The number of rotatable bonds is 7. The summed E-state index contributed by atoms with van der Waals surface area (Å²) < 4.78 is 11.7. The van der Waals surface area contributed by atoms with Crippen LogP contribution in [0.1, 0.15) is 6.92 Å². The van der Waals surface area contributed by atoms with Crippen LogP contribution >= 0.6 is 0 Å². The van der Waals surface area contributed by atoms with Crippen LogP contribution in [-0.2, 0) is 4.79 Å². The molecule has 0 radical (unpaired) electrons. The second kappa shape index (κ2) is 7.88. The molecule has 0 saturated heterocycles. The predicted molar refractivity (Wildman–Crippen MR) is 83.9 cm³/mol. The molecule has 2 aromatic carbocycles. The third kappa shape index (κ3) is 4.98. The van der Waals surface area contributed by atoms with Crippen molar-refractivity contribution in [2.24, 2.45) is 5.92 Å². The van der Waals surface area contributed by atoms with Crippen molar-refractivity contribution in [2.75, 3.05) is 0 Å². The molecule has 0 aliphatic rings. The molecule has 0 saturated carbocycles. The molecular weight excluding hydrogens is 280 g/mol. The Morgan fingerprint density at radius 3 is 1.82 bits per heavy atom. The summed E-state index contributed by atoms with van der Waals surface area (Å²) in [6, 6.07) is 18.6. The lowest BCUT2D eigenvalue weighted by Crippen LogP contribution is -2.30. The van der Waals surface area contributed by atoms with Gasteiger partial charge in [0.15, 0.2) is 0 Å². The topological polar surface area (TPSA) is 55.8 Å². The SMILES string of the molecule is CC(C=CC(=O)O)C(Oc1ccccc1)Oc1ccccc1. The minimum absolute atomic E-state index is 0.239. The first-order valence-corrected chi connectivity index (χ1v) is 6.99. The minimum atomic E-state index is -0.995. The summed E-state index contributed by atoms with van der Waals surface area (Å²) in [5, 5.41) is 8.76. The van der Waals surface area contributed by atoms with Gasteiger partial charge in [0.1, 0.15) is 11.5 Å². The first-order valence-electron chi connectivity index (χ1n) is 6.99. The summed E-state index contributed by atoms with van der Waals surface area (Å²) in [4.78, 5) is 10.7. The Morgan fingerprint density at radius 1 is 0.955 bits per heavy atom. The van der Waals surface area contributed by atoms with Crippen LogP contribution in [-0.4, -0.2) is 17.4 Å². The van der Waals surface area contributed by atoms with Crippen molar-refractivity contribution in [1.29, 1.82) is 0 Å². The minimum Gasteiger partial charge on any atom is -0.478 e. The Kier molecular flexibility index (Phi) is 5.60. The first-order chi connectivity index (χ1) is 10.6. The maximum Gasteiger partial charge on any atom is 0.327 e. The smallest absolute Gasteiger partial charge is 0.327 e. The molecule has 0 bridgehead atoms. The van der Waals surface area contributed by atoms with Crippen LogP contribution in [0.2, 0.25) is 0 Å². The molecule has 4 nitrogen and oxygen atoms in total. The normalized spacial score (nSPS) is 12.3. The number of hydrogen-bond donors (Lipinski definition) is 1. The monoisotopic (exact) mass is 298 g/mol. The lowest BCUT2D eigenvalue weighted by atomic mass is 10.1. The molecule has 0 aliphatic heterocycles. The second-order valence-electron chi connectivity index (χ2n) is 4.79. The molecule has 0 amide bonds. The van der Waals surface area contributed by atoms with Crippen molar-refractivity contribution in [3.05, 3.63) is 72.8 Å². The molecule has 114 valence electrons. The van der Waals surface area contributed by atoms with Gasteiger partial charge >= 0.3 is 5.97 Å². The number of ether oxygens (including phenoxy) is 2. The fourth-order valence-electron chi connectivity index (χ4n) is 1.83. The molecule has 0 spiro atoms. The zero-order valence-electron chi connectivity index (χ0n) is 12.3. The van der Waals surface area contributed by atoms with E-state index < -0.39 is 12.3 Å². The molecular formula is C18H18O4. The average molecular weight is 298 g/mol. The predicted octanol–water partition coefficient (Wildman–Crippen LogP) is 3.75. The summed E-state index contributed by atoms with van der Waals surface area (Å²) >= 11 is 0. The third-order valence-corrected chi connectivity index (χ3v) is 2.96. The highest BCUT2D eigenvalue weighted by molar-refractivity contribution is 5.79. The molecule has 0 fully saturated rings. The quantitative estimate of drug-likeness (QED) is 0.625. The Hall–Kier alpha value is -2.75. The highest BCUT2D eigenvalue weighted by Gasteiger charge is 2.19. The van der Waals surface area contributed by atoms with Gasteiger partial charge in [-0.15, -0.1) is 0 Å². The highest BCUT2D eigenvalue weighted by Crippen LogP contribution is 2.20. The van der Waals surface area contributed by atoms with Gasteiger partial charge in [-0.25, -0.2) is 4.79 Å². The number of aliphatic carboxylic acids is 1. The maximum atomic E-state index is 10.7. The van der Waals surface area contributed by atoms with Gasteiger partial charge in [0.25, 0.3) is 0 Å². The van der Waals surface area contributed by atoms with Crippen LogP contribution in [0.4, 0.5) is 0 Å². The molecule has 0 aromatic heterocycles. The van der Waals surface area contributed by atoms with Gasteiger partial charge in [0, 0.05) is 12.0 Å². The first kappa shape index (κ1) is 15.6. The van der Waals surface area contributed by atoms with Crippen molar-refractivity contribution in [3.63, 3.8) is 0 Å². The largest absolute Gasteiger partial charge is 0.478 e. The Bertz CT molecular complexity index is 566. The standard InChI is InChI=1S/C18H18O4/c1-14(12-13-17(19)20)18(21-15-8-4-2-5-9-15)22-16-10-6-3-7-11-16/h2-14,18H,1H3,(H,19,20). The van der Waals surface area contributed by atoms with E-state index in [-0.39, 0.29) is 5.92 Å². The van der Waals surface area contributed by atoms with E-state index in [2.05, 4.69) is 0 Å². The van der Waals surface area contributed by atoms with E-state index in [1.807, 2.05) is 67.6 Å². The summed E-state index contributed by atoms with van der Waals surface area (Å²) in [6.45, 7) is 1.84. The Balaban J connectivity index is 2.14. The number of hydrogen-bond acceptors (Lipinski definition) is 3. The van der Waals surface area contributed by atoms with E-state index in [1.165, 1.54) is 0 Å². The van der Waals surface area contributed by atoms with Crippen LogP contribution in [0.3, 0.4) is 0 Å². The fourth-order valence-corrected chi connectivity index (χ4v) is 1.83. The molecule has 0 aliphatic carbocycles. The lowest BCUT2D eigenvalue weighted by Gasteiger charge is -2.24. The summed E-state index contributed by atoms with van der Waals surface area (Å²) in [5.41, 5.74) is 0. The number of para-hydroxylation sites is 2. The molecule has 1 unspecified atom stereocenters. The Morgan fingerprint density at radius 2 is 1.41 bits per heavy atom. The highest BCUT2D eigenvalue weighted by atomic mass is 16.7. The molecule has 0 heterocycles. The number of carbonyl (C=O) groups is 1. The summed E-state index contributed by atoms with van der Waals surface area (Å²) in [7, 11) is 0. The molecule has 22 heavy (non-hydrogen) atoms. The van der Waals surface area contributed by atoms with Crippen molar-refractivity contribution >= 4 is 5.97 Å². The van der Waals surface area contributed by atoms with Crippen LogP contribution in [0.25, 0.3) is 0 Å². The van der Waals surface area contributed by atoms with Crippen molar-refractivity contribution in [2.45, 2.75) is 13.2 Å². The van der Waals surface area contributed by atoms with Crippen molar-refractivity contribution in [1.82, 2.24) is 0 Å². The molecule has 1 atom stereocenters. The van der Waals surface area contributed by atoms with Gasteiger partial charge in [-0.05, 0) is 24.3 Å². The second-order valence-corrected chi connectivity index (χ2v) is 4.79. The molecule has 2 aromatic rings. The van der Waals surface area contributed by atoms with Gasteiger partial charge in [-0.2, -0.15) is 0 Å². The van der Waals surface area contributed by atoms with Crippen molar-refractivity contribution < 1.29 is 19.4 Å². The van der Waals surface area contributed by atoms with E-state index in [0.29, 0.717) is 11.5 Å². The molecule has 1 N–H and O–H groups in total. The lowest BCUT2D eigenvalue weighted by molar-refractivity contribution is -0.131. The molecule has 2 rings (SSSR count). The van der Waals surface area contributed by atoms with Gasteiger partial charge < -0.3 is 14.6 Å². The molecule has 4 heteroatoms. The van der Waals surface area contributed by atoms with Gasteiger partial charge in [0.2, 0.25) is 6.29 Å². The van der Waals surface area contributed by atoms with E-state index in [4.69, 9.17) is 14.6 Å². The van der Waals surface area contributed by atoms with Crippen LogP contribution < -0.4 is 9.47 Å². The number of benzene rings is 2. The van der Waals surface area contributed by atoms with E-state index >= 15 is 0 Å². The van der Waals surface area contributed by atoms with E-state index in [0.717, 1.165) is 6.08 Å². The van der Waals surface area contributed by atoms with Crippen molar-refractivity contribution in [3.8, 4) is 11.5 Å². The van der Waals surface area contributed by atoms with Crippen LogP contribution in [0.15, 0.2) is 72.8 Å². The van der Waals surface area contributed by atoms with Crippen LogP contribution in [0, 0.1) is 5.92 Å².